The summed E-state index contributed by atoms with van der Waals surface area (Å²) in [7, 11) is 0. The fraction of sp³-hybridized carbons (Fsp3) is 0.207. The molecule has 10 aromatic rings. The Labute approximate surface area is 362 Å². The Morgan fingerprint density at radius 1 is 0.565 bits per heavy atom. The number of hydrogen-bond acceptors (Lipinski definition) is 2. The summed E-state index contributed by atoms with van der Waals surface area (Å²) in [5.74, 6) is 0. The molecule has 0 atom stereocenters. The van der Waals surface area contributed by atoms with Crippen LogP contribution in [0.2, 0.25) is 0 Å². The van der Waals surface area contributed by atoms with E-state index in [0.717, 1.165) is 16.6 Å². The number of anilines is 2. The number of nitrogens with zero attached hydrogens (tertiary/aromatic N) is 2. The van der Waals surface area contributed by atoms with Crippen LogP contribution in [0, 0.1) is 6.92 Å². The number of furan rings is 1. The summed E-state index contributed by atoms with van der Waals surface area (Å²) in [6.07, 6.45) is 2.36. The first-order chi connectivity index (χ1) is 29.9. The molecule has 8 aromatic carbocycles. The summed E-state index contributed by atoms with van der Waals surface area (Å²) in [6.45, 7) is 17.0. The van der Waals surface area contributed by atoms with Gasteiger partial charge in [-0.1, -0.05) is 145 Å². The molecule has 0 radical (unpaired) electrons. The van der Waals surface area contributed by atoms with Gasteiger partial charge in [0.25, 0.3) is 0 Å². The van der Waals surface area contributed by atoms with E-state index in [2.05, 4.69) is 191 Å². The highest BCUT2D eigenvalue weighted by Crippen LogP contribution is 2.58. The minimum Gasteiger partial charge on any atom is -0.456 e. The quantitative estimate of drug-likeness (QED) is 0.154. The van der Waals surface area contributed by atoms with Crippen molar-refractivity contribution in [2.24, 2.45) is 0 Å². The largest absolute Gasteiger partial charge is 0.456 e. The molecule has 0 spiro atoms. The molecule has 0 saturated carbocycles. The van der Waals surface area contributed by atoms with Crippen LogP contribution in [0.4, 0.5) is 11.4 Å². The van der Waals surface area contributed by atoms with Crippen LogP contribution in [0.5, 0.6) is 0 Å². The maximum atomic E-state index is 7.02. The summed E-state index contributed by atoms with van der Waals surface area (Å²) in [6, 6.07) is 51.0. The molecule has 0 saturated heterocycles. The van der Waals surface area contributed by atoms with Crippen molar-refractivity contribution in [1.82, 2.24) is 4.57 Å². The van der Waals surface area contributed by atoms with Crippen molar-refractivity contribution >= 4 is 83.7 Å². The van der Waals surface area contributed by atoms with Gasteiger partial charge in [0.05, 0.1) is 22.1 Å². The topological polar surface area (TPSA) is 21.3 Å². The third-order valence-corrected chi connectivity index (χ3v) is 16.1. The van der Waals surface area contributed by atoms with Gasteiger partial charge < -0.3 is 13.8 Å². The van der Waals surface area contributed by atoms with Crippen molar-refractivity contribution in [3.05, 3.63) is 161 Å². The molecule has 2 aliphatic carbocycles. The van der Waals surface area contributed by atoms with E-state index in [1.165, 1.54) is 129 Å². The minimum absolute atomic E-state index is 0.0541. The number of hydrogen-bond donors (Lipinski definition) is 0. The lowest BCUT2D eigenvalue weighted by molar-refractivity contribution is 0.332. The number of rotatable bonds is 1. The zero-order valence-electron chi connectivity index (χ0n) is 36.5. The molecule has 0 fully saturated rings. The third-order valence-electron chi connectivity index (χ3n) is 16.1. The van der Waals surface area contributed by atoms with E-state index in [-0.39, 0.29) is 23.1 Å². The van der Waals surface area contributed by atoms with Gasteiger partial charge in [-0.2, -0.15) is 0 Å². The molecule has 0 amide bonds. The normalized spacial score (nSPS) is 17.1. The first kappa shape index (κ1) is 35.1. The van der Waals surface area contributed by atoms with Gasteiger partial charge in [-0.15, -0.1) is 0 Å². The van der Waals surface area contributed by atoms with Crippen molar-refractivity contribution in [2.45, 2.75) is 77.6 Å². The van der Waals surface area contributed by atoms with E-state index in [4.69, 9.17) is 4.42 Å². The molecule has 3 nitrogen and oxygen atoms in total. The summed E-state index contributed by atoms with van der Waals surface area (Å²) < 4.78 is 9.66. The zero-order valence-corrected chi connectivity index (χ0v) is 36.5. The van der Waals surface area contributed by atoms with Crippen LogP contribution >= 0.6 is 0 Å². The lowest BCUT2D eigenvalue weighted by Crippen LogP contribution is -2.61. The highest BCUT2D eigenvalue weighted by molar-refractivity contribution is 6.94. The second-order valence-electron chi connectivity index (χ2n) is 20.7. The van der Waals surface area contributed by atoms with E-state index in [9.17, 15) is 0 Å². The summed E-state index contributed by atoms with van der Waals surface area (Å²) in [5, 5.41) is 7.51. The summed E-state index contributed by atoms with van der Waals surface area (Å²) in [5.41, 5.74) is 23.2. The van der Waals surface area contributed by atoms with Gasteiger partial charge >= 0.3 is 6.85 Å². The van der Waals surface area contributed by atoms with Gasteiger partial charge in [0.2, 0.25) is 0 Å². The third kappa shape index (κ3) is 4.10. The van der Waals surface area contributed by atoms with Crippen LogP contribution in [0.3, 0.4) is 0 Å². The van der Waals surface area contributed by atoms with Gasteiger partial charge in [0, 0.05) is 38.5 Å². The Kier molecular flexibility index (Phi) is 6.40. The first-order valence-corrected chi connectivity index (χ1v) is 22.6. The highest BCUT2D eigenvalue weighted by atomic mass is 16.3. The van der Waals surface area contributed by atoms with Gasteiger partial charge in [0.1, 0.15) is 11.2 Å². The predicted molar refractivity (Wildman–Crippen MR) is 262 cm³/mol. The van der Waals surface area contributed by atoms with Crippen molar-refractivity contribution in [2.75, 3.05) is 4.81 Å². The van der Waals surface area contributed by atoms with Crippen LogP contribution in [0.15, 0.2) is 138 Å². The van der Waals surface area contributed by atoms with Gasteiger partial charge in [-0.25, -0.2) is 0 Å². The molecule has 0 unspecified atom stereocenters. The van der Waals surface area contributed by atoms with Gasteiger partial charge in [0.15, 0.2) is 0 Å². The summed E-state index contributed by atoms with van der Waals surface area (Å²) >= 11 is 0. The van der Waals surface area contributed by atoms with Crippen molar-refractivity contribution < 1.29 is 4.42 Å². The second kappa shape index (κ2) is 11.3. The Morgan fingerprint density at radius 2 is 1.29 bits per heavy atom. The van der Waals surface area contributed by atoms with Crippen LogP contribution < -0.4 is 15.7 Å². The Balaban J connectivity index is 1.22. The number of para-hydroxylation sites is 2. The number of aryl methyl sites for hydroxylation is 1. The van der Waals surface area contributed by atoms with Crippen LogP contribution in [-0.4, -0.2) is 11.4 Å². The fourth-order valence-corrected chi connectivity index (χ4v) is 13.1. The Hall–Kier alpha value is -6.52. The maximum Gasteiger partial charge on any atom is 0.333 e. The van der Waals surface area contributed by atoms with E-state index in [1.807, 2.05) is 0 Å². The van der Waals surface area contributed by atoms with E-state index in [1.54, 1.807) is 0 Å². The molecule has 62 heavy (non-hydrogen) atoms. The lowest BCUT2D eigenvalue weighted by atomic mass is 9.43. The average molecular weight is 799 g/mol. The molecule has 4 heterocycles. The molecule has 0 bridgehead atoms. The Bertz CT molecular complexity index is 3710. The monoisotopic (exact) mass is 798 g/mol. The highest BCUT2D eigenvalue weighted by Gasteiger charge is 2.49. The van der Waals surface area contributed by atoms with E-state index in [0.29, 0.717) is 0 Å². The van der Waals surface area contributed by atoms with Gasteiger partial charge in [-0.3, -0.25) is 0 Å². The Morgan fingerprint density at radius 3 is 2.13 bits per heavy atom. The number of aromatic nitrogens is 1. The molecule has 14 rings (SSSR count). The molecule has 2 aromatic heterocycles. The molecule has 298 valence electrons. The number of benzene rings is 8. The minimum atomic E-state index is -0.235. The molecular weight excluding hydrogens is 751 g/mol. The lowest BCUT2D eigenvalue weighted by Gasteiger charge is -2.46. The maximum absolute atomic E-state index is 7.02. The summed E-state index contributed by atoms with van der Waals surface area (Å²) in [4.78, 5) is 2.79. The standard InChI is InChI=1S/C58H47BN2O/c1-32-29-41-42(57(4,5)28-27-56(41,2)3)31-46(32)61-45-26-24-36-35-17-10-12-20-40(35)58(6,7)52(36)50(45)39-30-48-51(37-18-11-13-22-47(37)62-48)55-53(39)59(61)43-21-14-19-38-49-34-16-9-8-15-33(34)23-25-44(49)60(55)54(38)43/h8-26,29-31H,27-28H2,1-7H3. The fourth-order valence-electron chi connectivity index (χ4n) is 13.1. The average Bonchev–Trinajstić information content (AvgIpc) is 3.90. The molecule has 2 aliphatic heterocycles. The zero-order chi connectivity index (χ0) is 41.8. The van der Waals surface area contributed by atoms with Crippen LogP contribution in [-0.2, 0) is 16.2 Å². The predicted octanol–water partition coefficient (Wildman–Crippen LogP) is 14.0. The van der Waals surface area contributed by atoms with Crippen LogP contribution in [0.1, 0.15) is 82.2 Å². The molecule has 4 aliphatic rings. The van der Waals surface area contributed by atoms with Crippen LogP contribution in [0.25, 0.3) is 82.5 Å². The van der Waals surface area contributed by atoms with Crippen molar-refractivity contribution in [3.63, 3.8) is 0 Å². The first-order valence-electron chi connectivity index (χ1n) is 22.6. The molecule has 0 N–H and O–H groups in total. The number of fused-ring (bicyclic) bond motifs is 18. The van der Waals surface area contributed by atoms with Crippen molar-refractivity contribution in [3.8, 4) is 27.9 Å². The van der Waals surface area contributed by atoms with Crippen molar-refractivity contribution in [1.29, 1.82) is 0 Å². The smallest absolute Gasteiger partial charge is 0.333 e. The molecular formula is C58H47BN2O. The second-order valence-corrected chi connectivity index (χ2v) is 20.7. The van der Waals surface area contributed by atoms with E-state index < -0.39 is 0 Å². The van der Waals surface area contributed by atoms with Gasteiger partial charge in [-0.05, 0) is 127 Å². The SMILES string of the molecule is Cc1cc2c(cc1N1B3c4c(cc5oc6ccccc6c5c4-n4c5ccc6ccccc6c5c5cccc3c54)-c3c1ccc1c3C(C)(C)c3ccccc3-1)C(C)(C)CCC2(C)C. The van der Waals surface area contributed by atoms with E-state index >= 15 is 0 Å². The molecule has 4 heteroatoms.